The number of unbranched alkanes of at least 4 members (excludes halogenated alkanes) is 1. The van der Waals surface area contributed by atoms with Crippen molar-refractivity contribution in [3.63, 3.8) is 0 Å². The summed E-state index contributed by atoms with van der Waals surface area (Å²) in [7, 11) is 0. The number of carbonyl (C=O) groups excluding carboxylic acids is 1. The average Bonchev–Trinajstić information content (AvgIpc) is 2.54. The van der Waals surface area contributed by atoms with Gasteiger partial charge in [-0.15, -0.1) is 0 Å². The minimum absolute atomic E-state index is 0.153. The number of hydrogen-bond donors (Lipinski definition) is 2. The molecule has 0 saturated heterocycles. The maximum absolute atomic E-state index is 12.0. The number of aliphatic hydroxyl groups excluding tert-OH is 1. The Morgan fingerprint density at radius 2 is 2.33 bits per heavy atom. The van der Waals surface area contributed by atoms with E-state index in [-0.39, 0.29) is 13.2 Å². The fourth-order valence-electron chi connectivity index (χ4n) is 2.41. The smallest absolute Gasteiger partial charge is 0.407 e. The molecular formula is C17H24ClNO5. The van der Waals surface area contributed by atoms with Crippen LogP contribution in [0.4, 0.5) is 4.79 Å². The summed E-state index contributed by atoms with van der Waals surface area (Å²) in [6.07, 6.45) is 0.240. The molecule has 1 aliphatic heterocycles. The van der Waals surface area contributed by atoms with Crippen molar-refractivity contribution in [3.8, 4) is 5.75 Å². The third kappa shape index (κ3) is 5.26. The number of aliphatic hydroxyl groups is 1. The largest absolute Gasteiger partial charge is 0.490 e. The number of nitrogens with one attached hydrogen (secondary N) is 1. The molecule has 3 atom stereocenters. The average molecular weight is 358 g/mol. The first kappa shape index (κ1) is 18.8. The number of halogens is 1. The molecule has 1 heterocycles. The van der Waals surface area contributed by atoms with Crippen LogP contribution in [-0.2, 0) is 9.47 Å². The second kappa shape index (κ2) is 9.11. The minimum Gasteiger partial charge on any atom is -0.490 e. The van der Waals surface area contributed by atoms with E-state index in [1.807, 2.05) is 6.92 Å². The first-order chi connectivity index (χ1) is 11.5. The number of amides is 1. The number of hydrogen-bond acceptors (Lipinski definition) is 5. The maximum atomic E-state index is 12.0. The highest BCUT2D eigenvalue weighted by Gasteiger charge is 2.33. The summed E-state index contributed by atoms with van der Waals surface area (Å²) in [6.45, 7) is 4.44. The molecule has 0 spiro atoms. The summed E-state index contributed by atoms with van der Waals surface area (Å²) in [5.74, 6) is 0.609. The van der Waals surface area contributed by atoms with Crippen LogP contribution in [-0.4, -0.2) is 43.2 Å². The van der Waals surface area contributed by atoms with Crippen LogP contribution in [0.25, 0.3) is 0 Å². The molecule has 24 heavy (non-hydrogen) atoms. The van der Waals surface area contributed by atoms with Gasteiger partial charge in [0.2, 0.25) is 0 Å². The Bertz CT molecular complexity index is 552. The van der Waals surface area contributed by atoms with Crippen LogP contribution in [0.15, 0.2) is 18.2 Å². The second-order valence-electron chi connectivity index (χ2n) is 5.83. The van der Waals surface area contributed by atoms with Crippen molar-refractivity contribution in [2.75, 3.05) is 19.8 Å². The van der Waals surface area contributed by atoms with E-state index in [0.717, 1.165) is 18.4 Å². The van der Waals surface area contributed by atoms with E-state index in [0.29, 0.717) is 17.4 Å². The summed E-state index contributed by atoms with van der Waals surface area (Å²) in [4.78, 5) is 12.0. The second-order valence-corrected chi connectivity index (χ2v) is 6.26. The van der Waals surface area contributed by atoms with E-state index in [1.165, 1.54) is 0 Å². The van der Waals surface area contributed by atoms with Gasteiger partial charge in [-0.1, -0.05) is 31.0 Å². The lowest BCUT2D eigenvalue weighted by Crippen LogP contribution is -2.44. The van der Waals surface area contributed by atoms with E-state index >= 15 is 0 Å². The van der Waals surface area contributed by atoms with Gasteiger partial charge in [-0.3, -0.25) is 0 Å². The number of fused-ring (bicyclic) bond motifs is 1. The topological polar surface area (TPSA) is 77.0 Å². The Labute approximate surface area is 147 Å². The highest BCUT2D eigenvalue weighted by atomic mass is 35.5. The molecule has 0 bridgehead atoms. The Morgan fingerprint density at radius 3 is 3.04 bits per heavy atom. The van der Waals surface area contributed by atoms with Gasteiger partial charge < -0.3 is 24.6 Å². The molecule has 2 N–H and O–H groups in total. The quantitative estimate of drug-likeness (QED) is 0.733. The predicted octanol–water partition coefficient (Wildman–Crippen LogP) is 3.07. The lowest BCUT2D eigenvalue weighted by atomic mass is 9.98. The SMILES string of the molecule is CCCCOC(=O)N[C@@H]1c2ccc(Cl)cc2OC[C@@H]1OC[C@H](C)O. The van der Waals surface area contributed by atoms with Gasteiger partial charge in [-0.05, 0) is 25.5 Å². The predicted molar refractivity (Wildman–Crippen MR) is 90.5 cm³/mol. The Balaban J connectivity index is 2.11. The van der Waals surface area contributed by atoms with Gasteiger partial charge in [-0.25, -0.2) is 4.79 Å². The van der Waals surface area contributed by atoms with Crippen LogP contribution in [0.5, 0.6) is 5.75 Å². The molecule has 0 unspecified atom stereocenters. The molecule has 0 aromatic heterocycles. The lowest BCUT2D eigenvalue weighted by molar-refractivity contribution is -0.0467. The van der Waals surface area contributed by atoms with Crippen molar-refractivity contribution in [1.82, 2.24) is 5.32 Å². The van der Waals surface area contributed by atoms with Gasteiger partial charge in [0.1, 0.15) is 18.5 Å². The van der Waals surface area contributed by atoms with Crippen molar-refractivity contribution < 1.29 is 24.1 Å². The molecule has 0 aliphatic carbocycles. The molecule has 1 amide bonds. The van der Waals surface area contributed by atoms with Crippen molar-refractivity contribution in [1.29, 1.82) is 0 Å². The van der Waals surface area contributed by atoms with Crippen LogP contribution >= 0.6 is 11.6 Å². The highest BCUT2D eigenvalue weighted by Crippen LogP contribution is 2.35. The zero-order valence-corrected chi connectivity index (χ0v) is 14.7. The number of alkyl carbamates (subject to hydrolysis) is 1. The number of rotatable bonds is 7. The van der Waals surface area contributed by atoms with Crippen LogP contribution in [0.2, 0.25) is 5.02 Å². The molecule has 1 aromatic carbocycles. The highest BCUT2D eigenvalue weighted by molar-refractivity contribution is 6.30. The normalized spacial score (nSPS) is 20.7. The zero-order chi connectivity index (χ0) is 17.5. The Hall–Kier alpha value is -1.50. The molecule has 134 valence electrons. The van der Waals surface area contributed by atoms with Gasteiger partial charge in [0, 0.05) is 10.6 Å². The first-order valence-electron chi connectivity index (χ1n) is 8.16. The molecule has 0 fully saturated rings. The molecule has 6 nitrogen and oxygen atoms in total. The van der Waals surface area contributed by atoms with E-state index < -0.39 is 24.3 Å². The number of carbonyl (C=O) groups is 1. The molecular weight excluding hydrogens is 334 g/mol. The molecule has 2 rings (SSSR count). The van der Waals surface area contributed by atoms with Gasteiger partial charge in [-0.2, -0.15) is 0 Å². The van der Waals surface area contributed by atoms with Gasteiger partial charge >= 0.3 is 6.09 Å². The van der Waals surface area contributed by atoms with Crippen LogP contribution < -0.4 is 10.1 Å². The van der Waals surface area contributed by atoms with Crippen LogP contribution in [0.3, 0.4) is 0 Å². The monoisotopic (exact) mass is 357 g/mol. The van der Waals surface area contributed by atoms with Gasteiger partial charge in [0.15, 0.2) is 0 Å². The third-order valence-corrected chi connectivity index (χ3v) is 3.88. The molecule has 0 radical (unpaired) electrons. The van der Waals surface area contributed by atoms with E-state index in [2.05, 4.69) is 5.32 Å². The number of benzene rings is 1. The molecule has 7 heteroatoms. The first-order valence-corrected chi connectivity index (χ1v) is 8.54. The summed E-state index contributed by atoms with van der Waals surface area (Å²) >= 11 is 6.00. The van der Waals surface area contributed by atoms with Crippen molar-refractivity contribution in [3.05, 3.63) is 28.8 Å². The summed E-state index contributed by atoms with van der Waals surface area (Å²) in [5.41, 5.74) is 0.772. The zero-order valence-electron chi connectivity index (χ0n) is 14.0. The summed E-state index contributed by atoms with van der Waals surface area (Å²) in [6, 6.07) is 4.81. The van der Waals surface area contributed by atoms with E-state index in [9.17, 15) is 9.90 Å². The van der Waals surface area contributed by atoms with E-state index in [1.54, 1.807) is 25.1 Å². The molecule has 0 saturated carbocycles. The van der Waals surface area contributed by atoms with Crippen molar-refractivity contribution in [2.45, 2.75) is 44.9 Å². The molecule has 1 aromatic rings. The minimum atomic E-state index is -0.603. The third-order valence-electron chi connectivity index (χ3n) is 3.64. The maximum Gasteiger partial charge on any atom is 0.407 e. The van der Waals surface area contributed by atoms with Gasteiger partial charge in [0.25, 0.3) is 0 Å². The number of ether oxygens (including phenoxy) is 3. The van der Waals surface area contributed by atoms with Crippen molar-refractivity contribution >= 4 is 17.7 Å². The van der Waals surface area contributed by atoms with Crippen LogP contribution in [0.1, 0.15) is 38.3 Å². The Kier molecular flexibility index (Phi) is 7.15. The van der Waals surface area contributed by atoms with Crippen molar-refractivity contribution in [2.24, 2.45) is 0 Å². The fourth-order valence-corrected chi connectivity index (χ4v) is 2.58. The van der Waals surface area contributed by atoms with Crippen LogP contribution in [0, 0.1) is 0 Å². The fraction of sp³-hybridized carbons (Fsp3) is 0.588. The standard InChI is InChI=1S/C17H24ClNO5/c1-3-4-7-22-17(21)19-16-13-6-5-12(18)8-14(13)24-10-15(16)23-9-11(2)20/h5-6,8,11,15-16,20H,3-4,7,9-10H2,1-2H3,(H,19,21)/t11-,15-,16+/m0/s1. The molecule has 1 aliphatic rings. The lowest BCUT2D eigenvalue weighted by Gasteiger charge is -2.34. The van der Waals surface area contributed by atoms with E-state index in [4.69, 9.17) is 25.8 Å². The Morgan fingerprint density at radius 1 is 1.54 bits per heavy atom. The summed E-state index contributed by atoms with van der Waals surface area (Å²) in [5, 5.41) is 12.8. The summed E-state index contributed by atoms with van der Waals surface area (Å²) < 4.78 is 16.5. The van der Waals surface area contributed by atoms with Gasteiger partial charge in [0.05, 0.1) is 25.4 Å².